The number of nitrogens with two attached hydrogens (primary N) is 1. The van der Waals surface area contributed by atoms with Crippen LogP contribution in [0.2, 0.25) is 0 Å². The van der Waals surface area contributed by atoms with Crippen LogP contribution in [0.5, 0.6) is 0 Å². The number of ether oxygens (including phenoxy) is 1. The zero-order valence-electron chi connectivity index (χ0n) is 14.8. The van der Waals surface area contributed by atoms with E-state index >= 15 is 0 Å². The summed E-state index contributed by atoms with van der Waals surface area (Å²) in [6, 6.07) is 18.0. The topological polar surface area (TPSA) is 104 Å². The fourth-order valence-corrected chi connectivity index (χ4v) is 2.66. The highest BCUT2D eigenvalue weighted by atomic mass is 16.5. The van der Waals surface area contributed by atoms with E-state index in [1.807, 2.05) is 24.3 Å². The van der Waals surface area contributed by atoms with Crippen molar-refractivity contribution < 1.29 is 9.53 Å². The number of carbonyl (C=O) groups is 1. The van der Waals surface area contributed by atoms with Gasteiger partial charge in [0.15, 0.2) is 0 Å². The van der Waals surface area contributed by atoms with Crippen LogP contribution in [-0.4, -0.2) is 54.6 Å². The van der Waals surface area contributed by atoms with Gasteiger partial charge in [0, 0.05) is 24.2 Å². The largest absolute Gasteiger partial charge is 0.378 e. The third kappa shape index (κ3) is 4.86. The van der Waals surface area contributed by atoms with Gasteiger partial charge in [-0.15, -0.1) is 0 Å². The molecular formula is C20H21N5O2. The number of rotatable bonds is 3. The molecule has 0 aliphatic carbocycles. The quantitative estimate of drug-likeness (QED) is 0.494. The molecule has 0 unspecified atom stereocenters. The second kappa shape index (κ2) is 8.86. The molecule has 0 spiro atoms. The summed E-state index contributed by atoms with van der Waals surface area (Å²) >= 11 is 0. The molecule has 0 bridgehead atoms. The van der Waals surface area contributed by atoms with Crippen LogP contribution in [0, 0.1) is 5.41 Å². The molecule has 1 saturated heterocycles. The van der Waals surface area contributed by atoms with Crippen molar-refractivity contribution in [3.05, 3.63) is 71.8 Å². The minimum absolute atomic E-state index is 0.0131. The first-order chi connectivity index (χ1) is 13.1. The molecule has 27 heavy (non-hydrogen) atoms. The third-order valence-electron chi connectivity index (χ3n) is 4.06. The number of aliphatic imine (C=N–C) groups is 2. The van der Waals surface area contributed by atoms with Gasteiger partial charge in [-0.2, -0.15) is 4.99 Å². The van der Waals surface area contributed by atoms with Gasteiger partial charge in [0.2, 0.25) is 17.7 Å². The van der Waals surface area contributed by atoms with Crippen LogP contribution in [0.3, 0.4) is 0 Å². The maximum Gasteiger partial charge on any atom is 0.224 e. The summed E-state index contributed by atoms with van der Waals surface area (Å²) in [6.45, 7) is 2.24. The molecule has 1 aliphatic rings. The number of nitrogens with one attached hydrogen (secondary N) is 1. The standard InChI is InChI=1S/C20H21N5O2/c21-19(24-20(22)25-11-13-27-14-12-25)23-17(15-7-3-1-4-8-15)18(26)16-9-5-2-6-10-16/h1-10H,11-14H2,(H3,21,22,24)/b23-17+. The first-order valence-corrected chi connectivity index (χ1v) is 8.64. The van der Waals surface area contributed by atoms with Crippen LogP contribution >= 0.6 is 0 Å². The van der Waals surface area contributed by atoms with E-state index in [9.17, 15) is 4.79 Å². The van der Waals surface area contributed by atoms with Gasteiger partial charge in [0.05, 0.1) is 13.2 Å². The molecule has 7 nitrogen and oxygen atoms in total. The van der Waals surface area contributed by atoms with E-state index in [2.05, 4.69) is 9.98 Å². The lowest BCUT2D eigenvalue weighted by molar-refractivity contribution is 0.0672. The lowest BCUT2D eigenvalue weighted by atomic mass is 10.0. The van der Waals surface area contributed by atoms with Crippen molar-refractivity contribution in [2.75, 3.05) is 26.3 Å². The Bertz CT molecular complexity index is 856. The molecule has 2 aromatic carbocycles. The number of benzene rings is 2. The van der Waals surface area contributed by atoms with Gasteiger partial charge in [0.1, 0.15) is 5.71 Å². The predicted octanol–water partition coefficient (Wildman–Crippen LogP) is 1.94. The smallest absolute Gasteiger partial charge is 0.224 e. The number of hydrogen-bond acceptors (Lipinski definition) is 3. The van der Waals surface area contributed by atoms with E-state index in [-0.39, 0.29) is 23.4 Å². The molecule has 0 radical (unpaired) electrons. The molecule has 1 aliphatic heterocycles. The van der Waals surface area contributed by atoms with Crippen LogP contribution in [-0.2, 0) is 4.74 Å². The zero-order chi connectivity index (χ0) is 19.1. The Balaban J connectivity index is 1.91. The van der Waals surface area contributed by atoms with Crippen molar-refractivity contribution in [1.29, 1.82) is 5.41 Å². The molecule has 138 valence electrons. The van der Waals surface area contributed by atoms with Gasteiger partial charge in [-0.25, -0.2) is 4.99 Å². The molecule has 7 heteroatoms. The minimum Gasteiger partial charge on any atom is -0.378 e. The molecule has 2 aromatic rings. The van der Waals surface area contributed by atoms with Crippen molar-refractivity contribution >= 4 is 23.4 Å². The van der Waals surface area contributed by atoms with Crippen molar-refractivity contribution in [1.82, 2.24) is 4.90 Å². The Morgan fingerprint density at radius 1 is 0.926 bits per heavy atom. The molecule has 0 saturated carbocycles. The van der Waals surface area contributed by atoms with Crippen molar-refractivity contribution in [3.63, 3.8) is 0 Å². The fourth-order valence-electron chi connectivity index (χ4n) is 2.66. The highest BCUT2D eigenvalue weighted by Crippen LogP contribution is 2.09. The lowest BCUT2D eigenvalue weighted by Gasteiger charge is -2.26. The first kappa shape index (κ1) is 18.5. The lowest BCUT2D eigenvalue weighted by Crippen LogP contribution is -2.40. The third-order valence-corrected chi connectivity index (χ3v) is 4.06. The fraction of sp³-hybridized carbons (Fsp3) is 0.200. The van der Waals surface area contributed by atoms with Crippen LogP contribution in [0.25, 0.3) is 0 Å². The number of hydrogen-bond donors (Lipinski definition) is 2. The van der Waals surface area contributed by atoms with E-state index in [1.165, 1.54) is 0 Å². The summed E-state index contributed by atoms with van der Waals surface area (Å²) in [4.78, 5) is 23.0. The maximum absolute atomic E-state index is 12.9. The van der Waals surface area contributed by atoms with Gasteiger partial charge >= 0.3 is 0 Å². The monoisotopic (exact) mass is 363 g/mol. The predicted molar refractivity (Wildman–Crippen MR) is 105 cm³/mol. The number of guanidine groups is 2. The summed E-state index contributed by atoms with van der Waals surface area (Å²) in [5.41, 5.74) is 7.29. The highest BCUT2D eigenvalue weighted by Gasteiger charge is 2.18. The first-order valence-electron chi connectivity index (χ1n) is 8.64. The average molecular weight is 363 g/mol. The Kier molecular flexibility index (Phi) is 6.06. The summed E-state index contributed by atoms with van der Waals surface area (Å²) in [5.74, 6) is -0.369. The van der Waals surface area contributed by atoms with E-state index in [4.69, 9.17) is 15.9 Å². The van der Waals surface area contributed by atoms with E-state index in [0.717, 1.165) is 0 Å². The average Bonchev–Trinajstić information content (AvgIpc) is 2.73. The van der Waals surface area contributed by atoms with E-state index in [1.54, 1.807) is 41.3 Å². The second-order valence-corrected chi connectivity index (χ2v) is 5.91. The molecule has 0 atom stereocenters. The summed E-state index contributed by atoms with van der Waals surface area (Å²) in [7, 11) is 0. The van der Waals surface area contributed by atoms with E-state index < -0.39 is 0 Å². The van der Waals surface area contributed by atoms with Crippen LogP contribution < -0.4 is 5.73 Å². The highest BCUT2D eigenvalue weighted by molar-refractivity contribution is 6.52. The molecule has 0 amide bonds. The Labute approximate surface area is 157 Å². The Morgan fingerprint density at radius 3 is 2.07 bits per heavy atom. The SMILES string of the molecule is N=C(/N=C(N)/N=C(/C(=O)c1ccccc1)c1ccccc1)N1CCOCC1. The van der Waals surface area contributed by atoms with Crippen LogP contribution in [0.15, 0.2) is 70.6 Å². The molecular weight excluding hydrogens is 342 g/mol. The molecule has 1 fully saturated rings. The van der Waals surface area contributed by atoms with Crippen molar-refractivity contribution in [3.8, 4) is 0 Å². The number of nitrogens with zero attached hydrogens (tertiary/aromatic N) is 3. The molecule has 3 rings (SSSR count). The van der Waals surface area contributed by atoms with Gasteiger partial charge < -0.3 is 15.4 Å². The molecule has 3 N–H and O–H groups in total. The van der Waals surface area contributed by atoms with Crippen molar-refractivity contribution in [2.24, 2.45) is 15.7 Å². The van der Waals surface area contributed by atoms with Gasteiger partial charge in [-0.1, -0.05) is 60.7 Å². The normalized spacial score (nSPS) is 15.5. The summed E-state index contributed by atoms with van der Waals surface area (Å²) < 4.78 is 5.27. The molecule has 1 heterocycles. The summed E-state index contributed by atoms with van der Waals surface area (Å²) in [5, 5.41) is 8.08. The van der Waals surface area contributed by atoms with Crippen LogP contribution in [0.1, 0.15) is 15.9 Å². The summed E-state index contributed by atoms with van der Waals surface area (Å²) in [6.07, 6.45) is 0. The number of Topliss-reactive ketones (excluding diaryl/α,β-unsaturated/α-hetero) is 1. The zero-order valence-corrected chi connectivity index (χ0v) is 14.8. The minimum atomic E-state index is -0.252. The Hall–Kier alpha value is -3.32. The second-order valence-electron chi connectivity index (χ2n) is 5.91. The maximum atomic E-state index is 12.9. The van der Waals surface area contributed by atoms with Crippen molar-refractivity contribution in [2.45, 2.75) is 0 Å². The van der Waals surface area contributed by atoms with Gasteiger partial charge in [-0.3, -0.25) is 10.2 Å². The molecule has 0 aromatic heterocycles. The Morgan fingerprint density at radius 2 is 1.48 bits per heavy atom. The van der Waals surface area contributed by atoms with Gasteiger partial charge in [0.25, 0.3) is 0 Å². The van der Waals surface area contributed by atoms with Crippen LogP contribution in [0.4, 0.5) is 0 Å². The number of carbonyl (C=O) groups excluding carboxylic acids is 1. The van der Waals surface area contributed by atoms with Gasteiger partial charge in [-0.05, 0) is 0 Å². The van der Waals surface area contributed by atoms with E-state index in [0.29, 0.717) is 37.4 Å². The number of morpholine rings is 1. The number of ketones is 1.